The summed E-state index contributed by atoms with van der Waals surface area (Å²) in [6, 6.07) is 0. The van der Waals surface area contributed by atoms with Gasteiger partial charge in [0.1, 0.15) is 0 Å². The molecule has 38 valence electrons. The molecule has 0 aromatic carbocycles. The van der Waals surface area contributed by atoms with Crippen molar-refractivity contribution < 1.29 is 4.39 Å². The first kappa shape index (κ1) is 6.49. The Bertz CT molecular complexity index is 19.5. The van der Waals surface area contributed by atoms with Crippen molar-refractivity contribution in [3.8, 4) is 0 Å². The van der Waals surface area contributed by atoms with Crippen LogP contribution >= 0.6 is 0 Å². The first-order chi connectivity index (χ1) is 2.91. The summed E-state index contributed by atoms with van der Waals surface area (Å²) in [4.78, 5) is 0. The average molecular weight is 152 g/mol. The first-order valence-corrected chi connectivity index (χ1v) is 3.89. The van der Waals surface area contributed by atoms with E-state index >= 15 is 0 Å². The fourth-order valence-corrected chi connectivity index (χ4v) is 0.844. The maximum atomic E-state index is 11.2. The number of hydrogen-bond acceptors (Lipinski definition) is 0. The molecule has 0 spiro atoms. The molecule has 6 heavy (non-hydrogen) atoms. The van der Waals surface area contributed by atoms with E-state index < -0.39 is 0 Å². The van der Waals surface area contributed by atoms with Crippen molar-refractivity contribution in [2.75, 3.05) is 6.67 Å². The first-order valence-electron chi connectivity index (χ1n) is 2.18. The molecule has 0 radical (unpaired) electrons. The van der Waals surface area contributed by atoms with Gasteiger partial charge in [0.05, 0.1) is 0 Å². The van der Waals surface area contributed by atoms with Crippen LogP contribution in [0.25, 0.3) is 0 Å². The Kier molecular flexibility index (Phi) is 5.94. The van der Waals surface area contributed by atoms with Gasteiger partial charge in [0.25, 0.3) is 0 Å². The van der Waals surface area contributed by atoms with Gasteiger partial charge in [0.2, 0.25) is 0 Å². The van der Waals surface area contributed by atoms with Crippen LogP contribution in [0.5, 0.6) is 0 Å². The summed E-state index contributed by atoms with van der Waals surface area (Å²) in [5.74, 6) is 0. The van der Waals surface area contributed by atoms with E-state index in [1.165, 1.54) is 5.21 Å². The van der Waals surface area contributed by atoms with Crippen LogP contribution in [0.15, 0.2) is 0 Å². The molecule has 0 N–H and O–H groups in total. The Morgan fingerprint density at radius 2 is 2.00 bits per heavy atom. The van der Waals surface area contributed by atoms with Crippen molar-refractivity contribution in [3.63, 3.8) is 0 Å². The van der Waals surface area contributed by atoms with Gasteiger partial charge in [0, 0.05) is 0 Å². The Hall–Kier alpha value is 0.488. The van der Waals surface area contributed by atoms with Gasteiger partial charge in [-0.3, -0.25) is 0 Å². The summed E-state index contributed by atoms with van der Waals surface area (Å²) in [5.41, 5.74) is 0. The number of unbranched alkanes of at least 4 members (excludes halogenated alkanes) is 1. The number of halogens is 1. The molecule has 0 rings (SSSR count). The molecular weight excluding hydrogens is 142 g/mol. The molecule has 0 fully saturated rings. The fraction of sp³-hybridized carbons (Fsp3) is 1.00. The molecule has 2 heteroatoms. The van der Waals surface area contributed by atoms with Gasteiger partial charge in [-0.05, 0) is 0 Å². The quantitative estimate of drug-likeness (QED) is 0.414. The van der Waals surface area contributed by atoms with E-state index in [0.717, 1.165) is 12.8 Å². The zero-order valence-corrected chi connectivity index (χ0v) is 6.21. The van der Waals surface area contributed by atoms with Gasteiger partial charge in [-0.25, -0.2) is 0 Å². The summed E-state index contributed by atoms with van der Waals surface area (Å²) in [6.45, 7) is -0.135. The summed E-state index contributed by atoms with van der Waals surface area (Å²) in [6.07, 6.45) is 1.83. The van der Waals surface area contributed by atoms with E-state index in [0.29, 0.717) is 0 Å². The van der Waals surface area contributed by atoms with Crippen LogP contribution in [0.2, 0.25) is 5.21 Å². The molecule has 0 aromatic rings. The van der Waals surface area contributed by atoms with Crippen LogP contribution in [0.3, 0.4) is 0 Å². The monoisotopic (exact) mass is 152 g/mol. The SMILES string of the molecule is FCCCC[AsH2]. The fourth-order valence-electron chi connectivity index (χ4n) is 0.239. The Labute approximate surface area is 46.6 Å². The molecule has 0 aliphatic heterocycles. The minimum absolute atomic E-state index is 0.135. The predicted octanol–water partition coefficient (Wildman–Crippen LogP) is 0.787. The van der Waals surface area contributed by atoms with E-state index in [9.17, 15) is 4.39 Å². The maximum absolute atomic E-state index is 11.2. The molecule has 0 aliphatic rings. The van der Waals surface area contributed by atoms with Gasteiger partial charge >= 0.3 is 46.0 Å². The van der Waals surface area contributed by atoms with Crippen LogP contribution in [-0.4, -0.2) is 23.5 Å². The minimum atomic E-state index is -0.135. The van der Waals surface area contributed by atoms with Crippen LogP contribution in [-0.2, 0) is 0 Å². The van der Waals surface area contributed by atoms with Crippen LogP contribution in [0.1, 0.15) is 12.8 Å². The molecule has 0 saturated heterocycles. The van der Waals surface area contributed by atoms with Crippen molar-refractivity contribution >= 4 is 16.9 Å². The molecular formula is C4H10AsF. The molecule has 0 amide bonds. The van der Waals surface area contributed by atoms with E-state index in [1.807, 2.05) is 0 Å². The van der Waals surface area contributed by atoms with Crippen molar-refractivity contribution in [2.24, 2.45) is 0 Å². The molecule has 0 aromatic heterocycles. The van der Waals surface area contributed by atoms with Crippen molar-refractivity contribution in [1.82, 2.24) is 0 Å². The number of rotatable bonds is 3. The predicted molar refractivity (Wildman–Crippen MR) is 28.6 cm³/mol. The molecule has 0 aliphatic carbocycles. The van der Waals surface area contributed by atoms with E-state index in [4.69, 9.17) is 0 Å². The second-order valence-corrected chi connectivity index (χ2v) is 2.40. The molecule has 0 bridgehead atoms. The van der Waals surface area contributed by atoms with Crippen molar-refractivity contribution in [1.29, 1.82) is 0 Å². The Morgan fingerprint density at radius 3 is 2.17 bits per heavy atom. The van der Waals surface area contributed by atoms with Gasteiger partial charge in [-0.1, -0.05) is 0 Å². The van der Waals surface area contributed by atoms with E-state index in [-0.39, 0.29) is 6.67 Å². The third-order valence-corrected chi connectivity index (χ3v) is 1.44. The van der Waals surface area contributed by atoms with Crippen LogP contribution in [0, 0.1) is 0 Å². The molecule has 1 unspecified atom stereocenters. The summed E-state index contributed by atoms with van der Waals surface area (Å²) in [5, 5.41) is 1.18. The number of hydrogen-bond donors (Lipinski definition) is 0. The zero-order valence-electron chi connectivity index (χ0n) is 3.78. The Balaban J connectivity index is 2.34. The van der Waals surface area contributed by atoms with Crippen molar-refractivity contribution in [2.45, 2.75) is 18.1 Å². The second-order valence-electron chi connectivity index (χ2n) is 1.18. The van der Waals surface area contributed by atoms with E-state index in [2.05, 4.69) is 0 Å². The molecule has 0 nitrogen and oxygen atoms in total. The Morgan fingerprint density at radius 1 is 1.33 bits per heavy atom. The second kappa shape index (κ2) is 5.49. The van der Waals surface area contributed by atoms with Crippen LogP contribution < -0.4 is 0 Å². The van der Waals surface area contributed by atoms with Crippen LogP contribution in [0.4, 0.5) is 4.39 Å². The summed E-state index contributed by atoms with van der Waals surface area (Å²) >= 11 is 1.69. The van der Waals surface area contributed by atoms with Crippen molar-refractivity contribution in [3.05, 3.63) is 0 Å². The topological polar surface area (TPSA) is 0 Å². The summed E-state index contributed by atoms with van der Waals surface area (Å²) in [7, 11) is 0. The number of alkyl halides is 1. The van der Waals surface area contributed by atoms with Gasteiger partial charge in [-0.15, -0.1) is 0 Å². The van der Waals surface area contributed by atoms with Gasteiger partial charge in [0.15, 0.2) is 0 Å². The molecule has 0 heterocycles. The average Bonchev–Trinajstić information content (AvgIpc) is 1.61. The van der Waals surface area contributed by atoms with Gasteiger partial charge < -0.3 is 0 Å². The van der Waals surface area contributed by atoms with E-state index in [1.54, 1.807) is 16.9 Å². The molecule has 0 saturated carbocycles. The third-order valence-electron chi connectivity index (χ3n) is 0.588. The van der Waals surface area contributed by atoms with Gasteiger partial charge in [-0.2, -0.15) is 0 Å². The zero-order chi connectivity index (χ0) is 4.83. The molecule has 1 atom stereocenters. The normalized spacial score (nSPS) is 9.00. The third kappa shape index (κ3) is 4.49. The standard InChI is InChI=1S/C4H10AsF/c5-3-1-2-4-6/h1-5H2. The summed E-state index contributed by atoms with van der Waals surface area (Å²) < 4.78 is 11.2.